The fourth-order valence-corrected chi connectivity index (χ4v) is 2.11. The summed E-state index contributed by atoms with van der Waals surface area (Å²) in [5.41, 5.74) is 2.14. The quantitative estimate of drug-likeness (QED) is 0.875. The Labute approximate surface area is 119 Å². The molecule has 0 unspecified atom stereocenters. The van der Waals surface area contributed by atoms with Crippen LogP contribution in [0.4, 0.5) is 0 Å². The molecule has 1 N–H and O–H groups in total. The normalized spacial score (nSPS) is 14.9. The molecule has 0 aromatic carbocycles. The lowest BCUT2D eigenvalue weighted by Gasteiger charge is -2.07. The van der Waals surface area contributed by atoms with E-state index in [4.69, 9.17) is 0 Å². The number of nitrogens with zero attached hydrogens (tertiary/aromatic N) is 4. The molecule has 106 valence electrons. The highest BCUT2D eigenvalue weighted by atomic mass is 15.3. The summed E-state index contributed by atoms with van der Waals surface area (Å²) in [4.78, 5) is 8.87. The molecule has 1 saturated carbocycles. The van der Waals surface area contributed by atoms with Crippen molar-refractivity contribution in [3.05, 3.63) is 36.0 Å². The zero-order valence-corrected chi connectivity index (χ0v) is 12.1. The van der Waals surface area contributed by atoms with Crippen molar-refractivity contribution in [3.63, 3.8) is 0 Å². The lowest BCUT2D eigenvalue weighted by Crippen LogP contribution is -2.19. The molecule has 3 rings (SSSR count). The molecule has 2 aromatic rings. The van der Waals surface area contributed by atoms with Gasteiger partial charge in [0.15, 0.2) is 5.82 Å². The number of hydrogen-bond donors (Lipinski definition) is 1. The van der Waals surface area contributed by atoms with Crippen molar-refractivity contribution in [2.75, 3.05) is 6.54 Å². The molecule has 5 nitrogen and oxygen atoms in total. The van der Waals surface area contributed by atoms with Crippen LogP contribution in [0, 0.1) is 5.92 Å². The summed E-state index contributed by atoms with van der Waals surface area (Å²) < 4.78 is 1.81. The number of hydrogen-bond acceptors (Lipinski definition) is 4. The molecule has 2 aromatic heterocycles. The molecule has 1 aliphatic rings. The van der Waals surface area contributed by atoms with Crippen molar-refractivity contribution in [1.82, 2.24) is 25.1 Å². The second-order valence-corrected chi connectivity index (χ2v) is 5.85. The average molecular weight is 271 g/mol. The van der Waals surface area contributed by atoms with E-state index in [-0.39, 0.29) is 0 Å². The van der Waals surface area contributed by atoms with E-state index < -0.39 is 0 Å². The van der Waals surface area contributed by atoms with Gasteiger partial charge < -0.3 is 5.32 Å². The minimum atomic E-state index is 0.646. The Bertz CT molecular complexity index is 554. The predicted octanol–water partition coefficient (Wildman–Crippen LogP) is 2.29. The Morgan fingerprint density at radius 3 is 2.80 bits per heavy atom. The van der Waals surface area contributed by atoms with Crippen molar-refractivity contribution in [2.24, 2.45) is 5.92 Å². The standard InChI is InChI=1S/C15H21N5/c1-11(2)7-16-8-13-9-18-15(10-17-13)20-6-5-14(19-20)12-3-4-12/h5-6,9-12,16H,3-4,7-8H2,1-2H3. The van der Waals surface area contributed by atoms with Crippen molar-refractivity contribution >= 4 is 0 Å². The first-order valence-corrected chi connectivity index (χ1v) is 7.30. The van der Waals surface area contributed by atoms with Crippen molar-refractivity contribution in [1.29, 1.82) is 0 Å². The average Bonchev–Trinajstić information content (AvgIpc) is 3.17. The van der Waals surface area contributed by atoms with Crippen molar-refractivity contribution in [2.45, 2.75) is 39.2 Å². The molecule has 0 amide bonds. The van der Waals surface area contributed by atoms with E-state index in [1.807, 2.05) is 17.1 Å². The maximum Gasteiger partial charge on any atom is 0.171 e. The summed E-state index contributed by atoms with van der Waals surface area (Å²) in [6.45, 7) is 6.14. The summed E-state index contributed by atoms with van der Waals surface area (Å²) in [6, 6.07) is 2.08. The molecule has 0 spiro atoms. The van der Waals surface area contributed by atoms with Gasteiger partial charge >= 0.3 is 0 Å². The minimum absolute atomic E-state index is 0.646. The maximum atomic E-state index is 4.56. The molecule has 20 heavy (non-hydrogen) atoms. The molecular formula is C15H21N5. The highest BCUT2D eigenvalue weighted by Crippen LogP contribution is 2.38. The summed E-state index contributed by atoms with van der Waals surface area (Å²) in [7, 11) is 0. The van der Waals surface area contributed by atoms with Gasteiger partial charge in [-0.15, -0.1) is 0 Å². The molecule has 0 aliphatic heterocycles. The minimum Gasteiger partial charge on any atom is -0.311 e. The SMILES string of the molecule is CC(C)CNCc1cnc(-n2ccc(C3CC3)n2)cn1. The van der Waals surface area contributed by atoms with Gasteiger partial charge in [-0.05, 0) is 31.4 Å². The number of rotatable bonds is 6. The van der Waals surface area contributed by atoms with Crippen LogP contribution in [0.3, 0.4) is 0 Å². The van der Waals surface area contributed by atoms with Gasteiger partial charge in [-0.1, -0.05) is 13.8 Å². The summed E-state index contributed by atoms with van der Waals surface area (Å²) >= 11 is 0. The summed E-state index contributed by atoms with van der Waals surface area (Å²) in [6.07, 6.45) is 8.11. The largest absolute Gasteiger partial charge is 0.311 e. The summed E-state index contributed by atoms with van der Waals surface area (Å²) in [5, 5.41) is 7.92. The van der Waals surface area contributed by atoms with Crippen LogP contribution >= 0.6 is 0 Å². The van der Waals surface area contributed by atoms with Crippen LogP contribution in [0.2, 0.25) is 0 Å². The van der Waals surface area contributed by atoms with Crippen LogP contribution in [-0.4, -0.2) is 26.3 Å². The molecular weight excluding hydrogens is 250 g/mol. The van der Waals surface area contributed by atoms with Crippen LogP contribution < -0.4 is 5.32 Å². The molecule has 0 saturated heterocycles. The number of aromatic nitrogens is 4. The van der Waals surface area contributed by atoms with Crippen LogP contribution in [0.25, 0.3) is 5.82 Å². The highest BCUT2D eigenvalue weighted by molar-refractivity contribution is 5.21. The predicted molar refractivity (Wildman–Crippen MR) is 77.7 cm³/mol. The molecule has 1 aliphatic carbocycles. The molecule has 0 atom stereocenters. The van der Waals surface area contributed by atoms with E-state index in [0.29, 0.717) is 11.8 Å². The number of nitrogens with one attached hydrogen (secondary N) is 1. The third-order valence-electron chi connectivity index (χ3n) is 3.39. The van der Waals surface area contributed by atoms with Crippen LogP contribution in [0.5, 0.6) is 0 Å². The molecule has 0 radical (unpaired) electrons. The molecule has 0 bridgehead atoms. The van der Waals surface area contributed by atoms with Gasteiger partial charge in [0.1, 0.15) is 0 Å². The van der Waals surface area contributed by atoms with E-state index in [1.54, 1.807) is 6.20 Å². The third-order valence-corrected chi connectivity index (χ3v) is 3.39. The fourth-order valence-electron chi connectivity index (χ4n) is 2.11. The third kappa shape index (κ3) is 3.22. The Hall–Kier alpha value is -1.75. The maximum absolute atomic E-state index is 4.56. The van der Waals surface area contributed by atoms with Gasteiger partial charge in [0, 0.05) is 18.7 Å². The topological polar surface area (TPSA) is 55.6 Å². The van der Waals surface area contributed by atoms with Gasteiger partial charge in [0.2, 0.25) is 0 Å². The monoisotopic (exact) mass is 271 g/mol. The summed E-state index contributed by atoms with van der Waals surface area (Å²) in [5.74, 6) is 2.10. The lowest BCUT2D eigenvalue weighted by atomic mass is 10.2. The first-order valence-electron chi connectivity index (χ1n) is 7.30. The van der Waals surface area contributed by atoms with Crippen molar-refractivity contribution in [3.8, 4) is 5.82 Å². The molecule has 5 heteroatoms. The zero-order chi connectivity index (χ0) is 13.9. The Kier molecular flexibility index (Phi) is 3.78. The van der Waals surface area contributed by atoms with Crippen LogP contribution in [0.1, 0.15) is 44.0 Å². The first kappa shape index (κ1) is 13.2. The Morgan fingerprint density at radius 1 is 1.30 bits per heavy atom. The van der Waals surface area contributed by atoms with Crippen LogP contribution in [-0.2, 0) is 6.54 Å². The lowest BCUT2D eigenvalue weighted by molar-refractivity contribution is 0.547. The second kappa shape index (κ2) is 5.71. The van der Waals surface area contributed by atoms with E-state index in [2.05, 4.69) is 40.3 Å². The van der Waals surface area contributed by atoms with Gasteiger partial charge in [-0.2, -0.15) is 5.10 Å². The molecule has 1 fully saturated rings. The van der Waals surface area contributed by atoms with Gasteiger partial charge in [-0.25, -0.2) is 9.67 Å². The fraction of sp³-hybridized carbons (Fsp3) is 0.533. The Balaban J connectivity index is 1.62. The van der Waals surface area contributed by atoms with Gasteiger partial charge in [0.05, 0.1) is 23.8 Å². The van der Waals surface area contributed by atoms with E-state index >= 15 is 0 Å². The van der Waals surface area contributed by atoms with Gasteiger partial charge in [0.25, 0.3) is 0 Å². The van der Waals surface area contributed by atoms with Gasteiger partial charge in [-0.3, -0.25) is 4.98 Å². The van der Waals surface area contributed by atoms with E-state index in [0.717, 1.165) is 24.6 Å². The van der Waals surface area contributed by atoms with E-state index in [9.17, 15) is 0 Å². The Morgan fingerprint density at radius 2 is 2.15 bits per heavy atom. The first-order chi connectivity index (χ1) is 9.72. The van der Waals surface area contributed by atoms with E-state index in [1.165, 1.54) is 18.5 Å². The van der Waals surface area contributed by atoms with Crippen LogP contribution in [0.15, 0.2) is 24.7 Å². The smallest absolute Gasteiger partial charge is 0.171 e. The molecule has 2 heterocycles. The highest BCUT2D eigenvalue weighted by Gasteiger charge is 2.25. The second-order valence-electron chi connectivity index (χ2n) is 5.85. The van der Waals surface area contributed by atoms with Crippen molar-refractivity contribution < 1.29 is 0 Å². The zero-order valence-electron chi connectivity index (χ0n) is 12.1.